The topological polar surface area (TPSA) is 42.0 Å². The van der Waals surface area contributed by atoms with Crippen LogP contribution in [0.1, 0.15) is 58.1 Å². The summed E-state index contributed by atoms with van der Waals surface area (Å²) in [5, 5.41) is 0. The van der Waals surface area contributed by atoms with Gasteiger partial charge in [-0.2, -0.15) is 0 Å². The lowest BCUT2D eigenvalue weighted by molar-refractivity contribution is -0.133. The van der Waals surface area contributed by atoms with Gasteiger partial charge in [-0.25, -0.2) is 0 Å². The van der Waals surface area contributed by atoms with Crippen molar-refractivity contribution in [2.45, 2.75) is 60.1 Å². The van der Waals surface area contributed by atoms with Crippen LogP contribution in [0.3, 0.4) is 0 Å². The summed E-state index contributed by atoms with van der Waals surface area (Å²) >= 11 is 0. The first kappa shape index (κ1) is 27.2. The molecule has 0 spiro atoms. The summed E-state index contributed by atoms with van der Waals surface area (Å²) in [4.78, 5) is 17.8. The minimum absolute atomic E-state index is 0.233. The zero-order valence-corrected chi connectivity index (χ0v) is 22.2. The van der Waals surface area contributed by atoms with E-state index in [4.69, 9.17) is 9.47 Å². The maximum Gasteiger partial charge on any atom is 0.223 e. The number of amides is 1. The van der Waals surface area contributed by atoms with Crippen molar-refractivity contribution >= 4 is 5.91 Å². The molecule has 1 aliphatic rings. The van der Waals surface area contributed by atoms with Crippen LogP contribution in [-0.2, 0) is 22.7 Å². The van der Waals surface area contributed by atoms with Crippen LogP contribution in [0.15, 0.2) is 54.6 Å². The molecule has 192 valence electrons. The van der Waals surface area contributed by atoms with E-state index in [-0.39, 0.29) is 11.3 Å². The monoisotopic (exact) mass is 480 g/mol. The van der Waals surface area contributed by atoms with Crippen molar-refractivity contribution in [2.24, 2.45) is 11.3 Å². The Morgan fingerprint density at radius 2 is 1.71 bits per heavy atom. The largest absolute Gasteiger partial charge is 0.489 e. The first-order valence-corrected chi connectivity index (χ1v) is 13.1. The van der Waals surface area contributed by atoms with Crippen LogP contribution >= 0.6 is 0 Å². The van der Waals surface area contributed by atoms with Crippen LogP contribution in [-0.4, -0.2) is 55.1 Å². The minimum atomic E-state index is 0.233. The van der Waals surface area contributed by atoms with Crippen molar-refractivity contribution in [2.75, 3.05) is 39.4 Å². The van der Waals surface area contributed by atoms with Gasteiger partial charge in [0.2, 0.25) is 5.91 Å². The Morgan fingerprint density at radius 3 is 2.37 bits per heavy atom. The molecule has 3 rings (SSSR count). The molecule has 2 aromatic rings. The molecule has 1 unspecified atom stereocenters. The molecule has 5 heteroatoms. The number of hydrogen-bond acceptors (Lipinski definition) is 4. The average molecular weight is 481 g/mol. The Hall–Kier alpha value is -2.37. The number of nitrogens with zero attached hydrogens (tertiary/aromatic N) is 2. The van der Waals surface area contributed by atoms with E-state index in [1.165, 1.54) is 0 Å². The van der Waals surface area contributed by atoms with Crippen LogP contribution in [0, 0.1) is 11.3 Å². The number of benzene rings is 2. The third-order valence-electron chi connectivity index (χ3n) is 6.39. The zero-order valence-electron chi connectivity index (χ0n) is 22.2. The van der Waals surface area contributed by atoms with Crippen LogP contribution < -0.4 is 4.74 Å². The van der Waals surface area contributed by atoms with Gasteiger partial charge in [-0.3, -0.25) is 9.69 Å². The highest BCUT2D eigenvalue weighted by Crippen LogP contribution is 2.26. The Bertz CT molecular complexity index is 871. The summed E-state index contributed by atoms with van der Waals surface area (Å²) in [5.41, 5.74) is 2.52. The van der Waals surface area contributed by atoms with Crippen molar-refractivity contribution in [3.63, 3.8) is 0 Å². The van der Waals surface area contributed by atoms with Gasteiger partial charge >= 0.3 is 0 Å². The molecule has 2 aromatic carbocycles. The van der Waals surface area contributed by atoms with E-state index in [1.54, 1.807) is 0 Å². The fourth-order valence-electron chi connectivity index (χ4n) is 4.80. The highest BCUT2D eigenvalue weighted by atomic mass is 16.5. The molecule has 1 saturated heterocycles. The van der Waals surface area contributed by atoms with Crippen molar-refractivity contribution in [3.8, 4) is 5.75 Å². The van der Waals surface area contributed by atoms with Crippen LogP contribution in [0.25, 0.3) is 0 Å². The molecule has 1 fully saturated rings. The summed E-state index contributed by atoms with van der Waals surface area (Å²) in [7, 11) is 0. The van der Waals surface area contributed by atoms with Crippen molar-refractivity contribution in [3.05, 3.63) is 65.7 Å². The Balaban J connectivity index is 1.56. The number of carbonyl (C=O) groups is 1. The van der Waals surface area contributed by atoms with Crippen molar-refractivity contribution in [1.29, 1.82) is 0 Å². The second-order valence-electron chi connectivity index (χ2n) is 11.1. The third kappa shape index (κ3) is 10.4. The Morgan fingerprint density at radius 1 is 1.03 bits per heavy atom. The summed E-state index contributed by atoms with van der Waals surface area (Å²) in [6, 6.07) is 18.4. The number of hydrogen-bond donors (Lipinski definition) is 0. The van der Waals surface area contributed by atoms with E-state index >= 15 is 0 Å². The summed E-state index contributed by atoms with van der Waals surface area (Å²) in [6.07, 6.45) is 2.64. The van der Waals surface area contributed by atoms with Gasteiger partial charge in [-0.05, 0) is 47.4 Å². The maximum atomic E-state index is 13.3. The van der Waals surface area contributed by atoms with Crippen LogP contribution in [0.4, 0.5) is 0 Å². The molecule has 1 amide bonds. The van der Waals surface area contributed by atoms with E-state index in [0.29, 0.717) is 25.5 Å². The normalized spacial score (nSPS) is 15.5. The lowest BCUT2D eigenvalue weighted by atomic mass is 9.84. The van der Waals surface area contributed by atoms with Crippen LogP contribution in [0.2, 0.25) is 0 Å². The number of carbonyl (C=O) groups excluding carboxylic acids is 1. The lowest BCUT2D eigenvalue weighted by Crippen LogP contribution is -2.39. The molecule has 0 N–H and O–H groups in total. The predicted octanol–water partition coefficient (Wildman–Crippen LogP) is 5.78. The number of ether oxygens (including phenoxy) is 2. The molecule has 5 nitrogen and oxygen atoms in total. The first-order valence-electron chi connectivity index (χ1n) is 13.1. The third-order valence-corrected chi connectivity index (χ3v) is 6.39. The smallest absolute Gasteiger partial charge is 0.223 e. The zero-order chi connectivity index (χ0) is 25.1. The fourth-order valence-corrected chi connectivity index (χ4v) is 4.80. The Labute approximate surface area is 212 Å². The van der Waals surface area contributed by atoms with Gasteiger partial charge in [0.1, 0.15) is 12.4 Å². The molecule has 0 radical (unpaired) electrons. The maximum absolute atomic E-state index is 13.3. The standard InChI is InChI=1S/C30H44N2O3/c1-25(22-30(2,3)4)21-29(33)32(16-8-15-31-17-19-34-20-18-31)23-26-11-13-28(14-12-26)35-24-27-9-6-5-7-10-27/h5-7,9-14,25H,8,15-24H2,1-4H3. The predicted molar refractivity (Wildman–Crippen MR) is 142 cm³/mol. The van der Waals surface area contributed by atoms with Gasteiger partial charge in [0.15, 0.2) is 0 Å². The first-order chi connectivity index (χ1) is 16.8. The van der Waals surface area contributed by atoms with Gasteiger partial charge in [-0.1, -0.05) is 70.2 Å². The number of rotatable bonds is 12. The highest BCUT2D eigenvalue weighted by Gasteiger charge is 2.21. The summed E-state index contributed by atoms with van der Waals surface area (Å²) < 4.78 is 11.4. The van der Waals surface area contributed by atoms with Crippen LogP contribution in [0.5, 0.6) is 5.75 Å². The summed E-state index contributed by atoms with van der Waals surface area (Å²) in [6.45, 7) is 15.5. The molecule has 1 heterocycles. The molecule has 1 atom stereocenters. The minimum Gasteiger partial charge on any atom is -0.489 e. The van der Waals surface area contributed by atoms with Gasteiger partial charge in [0.25, 0.3) is 0 Å². The molecular weight excluding hydrogens is 436 g/mol. The van der Waals surface area contributed by atoms with Crippen molar-refractivity contribution in [1.82, 2.24) is 9.80 Å². The molecule has 0 aliphatic carbocycles. The molecule has 1 aliphatic heterocycles. The fraction of sp³-hybridized carbons (Fsp3) is 0.567. The average Bonchev–Trinajstić information content (AvgIpc) is 2.83. The van der Waals surface area contributed by atoms with E-state index in [0.717, 1.165) is 69.1 Å². The quantitative estimate of drug-likeness (QED) is 0.386. The molecular formula is C30H44N2O3. The van der Waals surface area contributed by atoms with E-state index in [1.807, 2.05) is 30.3 Å². The van der Waals surface area contributed by atoms with Gasteiger partial charge < -0.3 is 14.4 Å². The second-order valence-corrected chi connectivity index (χ2v) is 11.1. The highest BCUT2D eigenvalue weighted by molar-refractivity contribution is 5.76. The summed E-state index contributed by atoms with van der Waals surface area (Å²) in [5.74, 6) is 1.48. The second kappa shape index (κ2) is 13.6. The van der Waals surface area contributed by atoms with E-state index in [9.17, 15) is 4.79 Å². The SMILES string of the molecule is CC(CC(=O)N(CCCN1CCOCC1)Cc1ccc(OCc2ccccc2)cc1)CC(C)(C)C. The molecule has 0 saturated carbocycles. The van der Waals surface area contributed by atoms with Gasteiger partial charge in [0.05, 0.1) is 13.2 Å². The molecule has 0 aromatic heterocycles. The van der Waals surface area contributed by atoms with E-state index in [2.05, 4.69) is 61.8 Å². The van der Waals surface area contributed by atoms with Gasteiger partial charge in [0, 0.05) is 39.1 Å². The van der Waals surface area contributed by atoms with Gasteiger partial charge in [-0.15, -0.1) is 0 Å². The number of morpholine rings is 1. The lowest BCUT2D eigenvalue weighted by Gasteiger charge is -2.29. The Kier molecular flexibility index (Phi) is 10.6. The molecule has 0 bridgehead atoms. The molecule has 35 heavy (non-hydrogen) atoms. The van der Waals surface area contributed by atoms with E-state index < -0.39 is 0 Å². The van der Waals surface area contributed by atoms with Crippen molar-refractivity contribution < 1.29 is 14.3 Å².